The molecule has 3 N–H and O–H groups in total. The van der Waals surface area contributed by atoms with Crippen molar-refractivity contribution in [2.75, 3.05) is 39.6 Å². The Morgan fingerprint density at radius 1 is 0.279 bits per heavy atom. The topological polar surface area (TPSA) is 237 Å². The van der Waals surface area contributed by atoms with E-state index in [4.69, 9.17) is 37.0 Å². The number of aliphatic hydroxyl groups is 1. The van der Waals surface area contributed by atoms with Crippen molar-refractivity contribution < 1.29 is 80.2 Å². The number of ether oxygens (including phenoxy) is 4. The Morgan fingerprint density at radius 2 is 0.490 bits per heavy atom. The first-order valence-electron chi connectivity index (χ1n) is 43.9. The SMILES string of the molecule is CCCCCCCCCCCCCC(=O)OC[C@H](COP(=O)(O)OC[C@H](O)COP(=O)(O)OC[C@@H](COC(=O)CCCCCCCCCCCCCCCCC(C)CC)OC(=O)CCCCCCCCCCCCCCCCC(C)CC)OC(=O)CCCCCCCCCCCCCCCCC(C)C. The minimum atomic E-state index is -4.97. The number of phosphoric acid groups is 2. The van der Waals surface area contributed by atoms with Crippen LogP contribution in [0.2, 0.25) is 0 Å². The van der Waals surface area contributed by atoms with E-state index in [1.165, 1.54) is 257 Å². The highest BCUT2D eigenvalue weighted by atomic mass is 31.2. The van der Waals surface area contributed by atoms with Crippen LogP contribution < -0.4 is 0 Å². The number of carbonyl (C=O) groups is 4. The number of hydrogen-bond donors (Lipinski definition) is 3. The fourth-order valence-corrected chi connectivity index (χ4v) is 14.7. The Balaban J connectivity index is 5.26. The second kappa shape index (κ2) is 75.1. The largest absolute Gasteiger partial charge is 0.472 e. The molecule has 0 aliphatic heterocycles. The first kappa shape index (κ1) is 102. The van der Waals surface area contributed by atoms with Crippen molar-refractivity contribution >= 4 is 39.5 Å². The Labute approximate surface area is 638 Å². The molecule has 7 atom stereocenters. The number of carbonyl (C=O) groups excluding carboxylic acids is 4. The Bertz CT molecular complexity index is 2010. The van der Waals surface area contributed by atoms with Gasteiger partial charge < -0.3 is 33.8 Å². The second-order valence-electron chi connectivity index (χ2n) is 31.5. The van der Waals surface area contributed by atoms with E-state index in [1.54, 1.807) is 0 Å². The zero-order valence-electron chi connectivity index (χ0n) is 68.5. The van der Waals surface area contributed by atoms with Crippen molar-refractivity contribution in [2.24, 2.45) is 17.8 Å². The molecule has 0 saturated heterocycles. The standard InChI is InChI=1S/C85H166O17P2/c1-8-11-12-13-14-15-28-38-45-52-59-66-82(87)95-72-80(101-84(89)68-61-54-47-40-33-26-19-16-22-29-35-42-49-56-63-76(4)5)74-99-103(91,92)97-70-79(86)71-98-104(93,94)100-75-81(102-85(90)69-62-55-48-41-34-27-21-18-24-31-37-44-51-58-65-78(7)10-3)73-96-83(88)67-60-53-46-39-32-25-20-17-23-30-36-43-50-57-64-77(6)9-2/h76-81,86H,8-75H2,1-7H3,(H,91,92)(H,93,94)/t77?,78?,79-,80+,81+/m0/s1. The van der Waals surface area contributed by atoms with Gasteiger partial charge in [0.1, 0.15) is 19.3 Å². The first-order chi connectivity index (χ1) is 50.3. The number of phosphoric ester groups is 2. The van der Waals surface area contributed by atoms with Crippen LogP contribution >= 0.6 is 15.6 Å². The van der Waals surface area contributed by atoms with E-state index in [0.717, 1.165) is 108 Å². The van der Waals surface area contributed by atoms with Gasteiger partial charge in [-0.15, -0.1) is 0 Å². The van der Waals surface area contributed by atoms with Crippen molar-refractivity contribution in [3.05, 3.63) is 0 Å². The molecule has 0 fully saturated rings. The molecule has 0 spiro atoms. The number of rotatable bonds is 83. The van der Waals surface area contributed by atoms with E-state index in [2.05, 4.69) is 48.5 Å². The van der Waals surface area contributed by atoms with Crippen LogP contribution in [0.3, 0.4) is 0 Å². The van der Waals surface area contributed by atoms with Gasteiger partial charge in [-0.05, 0) is 43.4 Å². The molecule has 4 unspecified atom stereocenters. The van der Waals surface area contributed by atoms with Crippen molar-refractivity contribution in [1.29, 1.82) is 0 Å². The lowest BCUT2D eigenvalue weighted by Crippen LogP contribution is -2.30. The molecule has 0 aromatic carbocycles. The normalized spacial score (nSPS) is 14.4. The van der Waals surface area contributed by atoms with E-state index in [9.17, 15) is 43.2 Å². The molecule has 0 aromatic rings. The molecule has 0 saturated carbocycles. The summed E-state index contributed by atoms with van der Waals surface area (Å²) < 4.78 is 68.9. The molecular formula is C85H166O17P2. The quantitative estimate of drug-likeness (QED) is 0.0222. The first-order valence-corrected chi connectivity index (χ1v) is 46.9. The van der Waals surface area contributed by atoms with Gasteiger partial charge >= 0.3 is 39.5 Å². The van der Waals surface area contributed by atoms with E-state index in [-0.39, 0.29) is 25.7 Å². The lowest BCUT2D eigenvalue weighted by molar-refractivity contribution is -0.161. The third-order valence-electron chi connectivity index (χ3n) is 20.6. The molecule has 0 rings (SSSR count). The smallest absolute Gasteiger partial charge is 0.462 e. The highest BCUT2D eigenvalue weighted by Crippen LogP contribution is 2.45. The molecule has 0 bridgehead atoms. The molecule has 0 aliphatic rings. The van der Waals surface area contributed by atoms with Crippen LogP contribution in [0, 0.1) is 17.8 Å². The second-order valence-corrected chi connectivity index (χ2v) is 34.4. The minimum Gasteiger partial charge on any atom is -0.462 e. The van der Waals surface area contributed by atoms with Gasteiger partial charge in [0, 0.05) is 25.7 Å². The number of hydrogen-bond acceptors (Lipinski definition) is 15. The van der Waals surface area contributed by atoms with E-state index >= 15 is 0 Å². The third-order valence-corrected chi connectivity index (χ3v) is 22.5. The van der Waals surface area contributed by atoms with Crippen LogP contribution in [-0.2, 0) is 65.4 Å². The molecule has 0 radical (unpaired) electrons. The van der Waals surface area contributed by atoms with E-state index < -0.39 is 97.5 Å². The highest BCUT2D eigenvalue weighted by Gasteiger charge is 2.30. The molecule has 0 aromatic heterocycles. The highest BCUT2D eigenvalue weighted by molar-refractivity contribution is 7.47. The summed E-state index contributed by atoms with van der Waals surface area (Å²) in [4.78, 5) is 73.2. The Morgan fingerprint density at radius 3 is 0.731 bits per heavy atom. The van der Waals surface area contributed by atoms with Gasteiger partial charge in [-0.3, -0.25) is 37.3 Å². The third kappa shape index (κ3) is 75.5. The van der Waals surface area contributed by atoms with E-state index in [0.29, 0.717) is 25.7 Å². The summed E-state index contributed by atoms with van der Waals surface area (Å²) in [7, 11) is -9.93. The van der Waals surface area contributed by atoms with Gasteiger partial charge in [0.25, 0.3) is 0 Å². The summed E-state index contributed by atoms with van der Waals surface area (Å²) in [6.07, 6.45) is 64.9. The van der Waals surface area contributed by atoms with Crippen molar-refractivity contribution in [2.45, 2.75) is 465 Å². The molecule has 0 aliphatic carbocycles. The monoisotopic (exact) mass is 1520 g/mol. The number of unbranched alkanes of at least 4 members (excludes halogenated alkanes) is 49. The lowest BCUT2D eigenvalue weighted by atomic mass is 9.99. The van der Waals surface area contributed by atoms with Gasteiger partial charge in [0.15, 0.2) is 12.2 Å². The maximum atomic E-state index is 13.1. The predicted molar refractivity (Wildman–Crippen MR) is 428 cm³/mol. The summed E-state index contributed by atoms with van der Waals surface area (Å²) in [6, 6.07) is 0. The van der Waals surface area contributed by atoms with Crippen LogP contribution in [0.15, 0.2) is 0 Å². The zero-order valence-corrected chi connectivity index (χ0v) is 70.3. The maximum absolute atomic E-state index is 13.1. The van der Waals surface area contributed by atoms with Gasteiger partial charge in [0.05, 0.1) is 26.4 Å². The van der Waals surface area contributed by atoms with Crippen LogP contribution in [0.5, 0.6) is 0 Å². The summed E-state index contributed by atoms with van der Waals surface area (Å²) in [5.74, 6) is 0.387. The average molecular weight is 1520 g/mol. The van der Waals surface area contributed by atoms with Gasteiger partial charge in [0.2, 0.25) is 0 Å². The summed E-state index contributed by atoms with van der Waals surface area (Å²) in [6.45, 7) is 12.1. The van der Waals surface area contributed by atoms with Crippen molar-refractivity contribution in [1.82, 2.24) is 0 Å². The minimum absolute atomic E-state index is 0.108. The fraction of sp³-hybridized carbons (Fsp3) is 0.953. The summed E-state index contributed by atoms with van der Waals surface area (Å²) >= 11 is 0. The Kier molecular flexibility index (Phi) is 73.7. The summed E-state index contributed by atoms with van der Waals surface area (Å²) in [5, 5.41) is 10.7. The molecule has 0 amide bonds. The molecule has 104 heavy (non-hydrogen) atoms. The molecular weight excluding hydrogens is 1350 g/mol. The van der Waals surface area contributed by atoms with Gasteiger partial charge in [-0.1, -0.05) is 395 Å². The molecule has 0 heterocycles. The molecule has 17 nitrogen and oxygen atoms in total. The van der Waals surface area contributed by atoms with Gasteiger partial charge in [-0.25, -0.2) is 9.13 Å². The Hall–Kier alpha value is -1.94. The van der Waals surface area contributed by atoms with Crippen LogP contribution in [0.4, 0.5) is 0 Å². The lowest BCUT2D eigenvalue weighted by Gasteiger charge is -2.21. The van der Waals surface area contributed by atoms with Crippen molar-refractivity contribution in [3.8, 4) is 0 Å². The number of aliphatic hydroxyl groups excluding tert-OH is 1. The number of esters is 4. The zero-order chi connectivity index (χ0) is 76.5. The summed E-state index contributed by atoms with van der Waals surface area (Å²) in [5.41, 5.74) is 0. The average Bonchev–Trinajstić information content (AvgIpc) is 0.911. The van der Waals surface area contributed by atoms with Crippen LogP contribution in [0.1, 0.15) is 447 Å². The molecule has 19 heteroatoms. The van der Waals surface area contributed by atoms with E-state index in [1.807, 2.05) is 0 Å². The van der Waals surface area contributed by atoms with Crippen LogP contribution in [0.25, 0.3) is 0 Å². The maximum Gasteiger partial charge on any atom is 0.472 e. The van der Waals surface area contributed by atoms with Crippen molar-refractivity contribution in [3.63, 3.8) is 0 Å². The fourth-order valence-electron chi connectivity index (χ4n) is 13.1. The predicted octanol–water partition coefficient (Wildman–Crippen LogP) is 25.7. The van der Waals surface area contributed by atoms with Gasteiger partial charge in [-0.2, -0.15) is 0 Å². The van der Waals surface area contributed by atoms with Crippen LogP contribution in [-0.4, -0.2) is 96.7 Å². The molecule has 618 valence electrons.